The van der Waals surface area contributed by atoms with Crippen molar-refractivity contribution in [3.05, 3.63) is 24.3 Å². The van der Waals surface area contributed by atoms with E-state index in [2.05, 4.69) is 24.0 Å². The molecular formula is C14H23N3O2S. The normalized spacial score (nSPS) is 27.2. The highest BCUT2D eigenvalue weighted by Crippen LogP contribution is 2.29. The smallest absolute Gasteiger partial charge is 0.240 e. The van der Waals surface area contributed by atoms with E-state index in [1.807, 2.05) is 0 Å². The van der Waals surface area contributed by atoms with Gasteiger partial charge in [0.05, 0.1) is 4.90 Å². The zero-order chi connectivity index (χ0) is 14.8. The molecule has 0 aliphatic heterocycles. The number of anilines is 1. The van der Waals surface area contributed by atoms with E-state index in [1.165, 1.54) is 6.42 Å². The van der Waals surface area contributed by atoms with Crippen LogP contribution in [0.2, 0.25) is 0 Å². The summed E-state index contributed by atoms with van der Waals surface area (Å²) in [6.07, 6.45) is 2.99. The third kappa shape index (κ3) is 3.71. The topological polar surface area (TPSA) is 84.2 Å². The highest BCUT2D eigenvalue weighted by atomic mass is 32.2. The van der Waals surface area contributed by atoms with Crippen molar-refractivity contribution >= 4 is 15.7 Å². The molecule has 0 radical (unpaired) electrons. The molecule has 0 spiro atoms. The second kappa shape index (κ2) is 6.11. The molecule has 0 amide bonds. The number of nitrogen functional groups attached to an aromatic ring is 1. The standard InChI is InChI=1S/C14H23N3O2S/c1-10-7-11(2)9-13(8-10)17-20(18,19)14-5-3-12(16-15)4-6-14/h3-6,10-11,13,16-17H,7-9,15H2,1-2H3. The summed E-state index contributed by atoms with van der Waals surface area (Å²) in [5.41, 5.74) is 3.17. The monoisotopic (exact) mass is 297 g/mol. The van der Waals surface area contributed by atoms with E-state index in [4.69, 9.17) is 5.84 Å². The zero-order valence-electron chi connectivity index (χ0n) is 12.0. The van der Waals surface area contributed by atoms with E-state index in [-0.39, 0.29) is 10.9 Å². The van der Waals surface area contributed by atoms with Gasteiger partial charge >= 0.3 is 0 Å². The lowest BCUT2D eigenvalue weighted by molar-refractivity contribution is 0.257. The molecule has 20 heavy (non-hydrogen) atoms. The zero-order valence-corrected chi connectivity index (χ0v) is 12.8. The van der Waals surface area contributed by atoms with Crippen LogP contribution in [0.1, 0.15) is 33.1 Å². The Labute approximate surface area is 121 Å². The fourth-order valence-corrected chi connectivity index (χ4v) is 4.32. The lowest BCUT2D eigenvalue weighted by atomic mass is 9.81. The first-order valence-corrected chi connectivity index (χ1v) is 8.48. The number of sulfonamides is 1. The van der Waals surface area contributed by atoms with Crippen molar-refractivity contribution in [2.45, 2.75) is 44.0 Å². The summed E-state index contributed by atoms with van der Waals surface area (Å²) in [5.74, 6) is 6.40. The maximum absolute atomic E-state index is 12.4. The lowest BCUT2D eigenvalue weighted by Crippen LogP contribution is -2.39. The van der Waals surface area contributed by atoms with Crippen molar-refractivity contribution in [3.8, 4) is 0 Å². The molecule has 5 nitrogen and oxygen atoms in total. The highest BCUT2D eigenvalue weighted by Gasteiger charge is 2.27. The molecule has 1 aliphatic carbocycles. The molecule has 0 bridgehead atoms. The molecule has 1 saturated carbocycles. The van der Waals surface area contributed by atoms with Crippen molar-refractivity contribution in [1.82, 2.24) is 4.72 Å². The van der Waals surface area contributed by atoms with Crippen LogP contribution in [0.4, 0.5) is 5.69 Å². The third-order valence-corrected chi connectivity index (χ3v) is 5.37. The number of rotatable bonds is 4. The maximum Gasteiger partial charge on any atom is 0.240 e. The van der Waals surface area contributed by atoms with Crippen LogP contribution in [-0.2, 0) is 10.0 Å². The SMILES string of the molecule is CC1CC(C)CC(NS(=O)(=O)c2ccc(NN)cc2)C1. The van der Waals surface area contributed by atoms with E-state index in [9.17, 15) is 8.42 Å². The quantitative estimate of drug-likeness (QED) is 0.587. The number of hydrogen-bond acceptors (Lipinski definition) is 4. The van der Waals surface area contributed by atoms with Crippen LogP contribution in [0.5, 0.6) is 0 Å². The summed E-state index contributed by atoms with van der Waals surface area (Å²) < 4.78 is 27.5. The first-order valence-electron chi connectivity index (χ1n) is 6.99. The molecule has 112 valence electrons. The Bertz CT molecular complexity index is 532. The Kier molecular flexibility index (Phi) is 4.67. The predicted molar refractivity (Wildman–Crippen MR) is 80.5 cm³/mol. The summed E-state index contributed by atoms with van der Waals surface area (Å²) in [4.78, 5) is 0.280. The number of hydrogen-bond donors (Lipinski definition) is 3. The maximum atomic E-state index is 12.4. The van der Waals surface area contributed by atoms with Crippen LogP contribution in [0.25, 0.3) is 0 Å². The van der Waals surface area contributed by atoms with Crippen molar-refractivity contribution in [2.75, 3.05) is 5.43 Å². The van der Waals surface area contributed by atoms with Gasteiger partial charge in [-0.2, -0.15) is 0 Å². The van der Waals surface area contributed by atoms with E-state index < -0.39 is 10.0 Å². The van der Waals surface area contributed by atoms with Gasteiger partial charge in [0.2, 0.25) is 10.0 Å². The number of nitrogens with two attached hydrogens (primary N) is 1. The van der Waals surface area contributed by atoms with Crippen LogP contribution in [0, 0.1) is 11.8 Å². The van der Waals surface area contributed by atoms with Gasteiger partial charge in [0, 0.05) is 11.7 Å². The molecule has 1 aliphatic rings. The van der Waals surface area contributed by atoms with E-state index in [0.29, 0.717) is 17.5 Å². The molecule has 4 N–H and O–H groups in total. The highest BCUT2D eigenvalue weighted by molar-refractivity contribution is 7.89. The summed E-state index contributed by atoms with van der Waals surface area (Å²) in [6, 6.07) is 6.47. The molecule has 2 unspecified atom stereocenters. The van der Waals surface area contributed by atoms with Crippen LogP contribution in [0.3, 0.4) is 0 Å². The minimum atomic E-state index is -3.45. The molecule has 2 rings (SSSR count). The van der Waals surface area contributed by atoms with Crippen LogP contribution >= 0.6 is 0 Å². The molecule has 0 saturated heterocycles. The van der Waals surface area contributed by atoms with E-state index in [1.54, 1.807) is 24.3 Å². The van der Waals surface area contributed by atoms with Crippen molar-refractivity contribution in [1.29, 1.82) is 0 Å². The Hall–Kier alpha value is -1.11. The summed E-state index contributed by atoms with van der Waals surface area (Å²) in [6.45, 7) is 4.36. The minimum Gasteiger partial charge on any atom is -0.324 e. The van der Waals surface area contributed by atoms with E-state index in [0.717, 1.165) is 12.8 Å². The number of hydrazine groups is 1. The second-order valence-corrected chi connectivity index (χ2v) is 7.62. The summed E-state index contributed by atoms with van der Waals surface area (Å²) in [5, 5.41) is 0. The third-order valence-electron chi connectivity index (χ3n) is 3.83. The van der Waals surface area contributed by atoms with E-state index >= 15 is 0 Å². The van der Waals surface area contributed by atoms with Gasteiger partial charge in [0.25, 0.3) is 0 Å². The largest absolute Gasteiger partial charge is 0.324 e. The lowest BCUT2D eigenvalue weighted by Gasteiger charge is -2.31. The van der Waals surface area contributed by atoms with Gasteiger partial charge < -0.3 is 5.43 Å². The van der Waals surface area contributed by atoms with Crippen LogP contribution in [-0.4, -0.2) is 14.5 Å². The molecule has 6 heteroatoms. The average molecular weight is 297 g/mol. The van der Waals surface area contributed by atoms with Crippen LogP contribution < -0.4 is 16.0 Å². The van der Waals surface area contributed by atoms with Crippen molar-refractivity contribution in [3.63, 3.8) is 0 Å². The van der Waals surface area contributed by atoms with Gasteiger partial charge in [-0.15, -0.1) is 0 Å². The van der Waals surface area contributed by atoms with Gasteiger partial charge in [0.1, 0.15) is 0 Å². The minimum absolute atomic E-state index is 0.0334. The second-order valence-electron chi connectivity index (χ2n) is 5.90. The van der Waals surface area contributed by atoms with Gasteiger partial charge in [-0.25, -0.2) is 13.1 Å². The average Bonchev–Trinajstić information content (AvgIpc) is 2.37. The van der Waals surface area contributed by atoms with Gasteiger partial charge in [0.15, 0.2) is 0 Å². The Morgan fingerprint density at radius 2 is 1.60 bits per heavy atom. The summed E-state index contributed by atoms with van der Waals surface area (Å²) in [7, 11) is -3.45. The molecule has 1 aromatic carbocycles. The van der Waals surface area contributed by atoms with Gasteiger partial charge in [-0.05, 0) is 55.4 Å². The first kappa shape index (κ1) is 15.3. The van der Waals surface area contributed by atoms with Crippen molar-refractivity contribution < 1.29 is 8.42 Å². The molecule has 0 aromatic heterocycles. The fourth-order valence-electron chi connectivity index (χ4n) is 3.06. The Balaban J connectivity index is 2.09. The molecule has 1 fully saturated rings. The molecule has 1 aromatic rings. The van der Waals surface area contributed by atoms with Gasteiger partial charge in [-0.3, -0.25) is 5.84 Å². The van der Waals surface area contributed by atoms with Gasteiger partial charge in [-0.1, -0.05) is 13.8 Å². The Morgan fingerprint density at radius 1 is 1.05 bits per heavy atom. The fraction of sp³-hybridized carbons (Fsp3) is 0.571. The molecule has 2 atom stereocenters. The Morgan fingerprint density at radius 3 is 2.10 bits per heavy atom. The number of nitrogens with one attached hydrogen (secondary N) is 2. The first-order chi connectivity index (χ1) is 9.40. The van der Waals surface area contributed by atoms with Crippen LogP contribution in [0.15, 0.2) is 29.2 Å². The molecule has 0 heterocycles. The number of benzene rings is 1. The predicted octanol–water partition coefficient (Wildman–Crippen LogP) is 2.08. The van der Waals surface area contributed by atoms with Crippen molar-refractivity contribution in [2.24, 2.45) is 17.7 Å². The summed E-state index contributed by atoms with van der Waals surface area (Å²) >= 11 is 0. The molecular weight excluding hydrogens is 274 g/mol.